The van der Waals surface area contributed by atoms with Crippen LogP contribution >= 0.6 is 34.9 Å². The first-order valence-corrected chi connectivity index (χ1v) is 18.5. The Morgan fingerprint density at radius 1 is 1.19 bits per heavy atom. The highest BCUT2D eigenvalue weighted by Gasteiger charge is 2.54. The van der Waals surface area contributed by atoms with Gasteiger partial charge in [-0.3, -0.25) is 19.3 Å². The summed E-state index contributed by atoms with van der Waals surface area (Å²) in [5.74, 6) is -1.76. The minimum atomic E-state index is -1.12. The number of hydrogen-bond donors (Lipinski definition) is 2. The number of carbonyl (C=O) groups excluding carboxylic acids is 4. The summed E-state index contributed by atoms with van der Waals surface area (Å²) in [5, 5.41) is 16.9. The van der Waals surface area contributed by atoms with Crippen LogP contribution in [0.2, 0.25) is 0 Å². The van der Waals surface area contributed by atoms with Gasteiger partial charge in [0.15, 0.2) is 5.13 Å². The molecule has 2 aromatic heterocycles. The summed E-state index contributed by atoms with van der Waals surface area (Å²) in [4.78, 5) is 60.8. The van der Waals surface area contributed by atoms with Crippen molar-refractivity contribution in [1.29, 1.82) is 0 Å². The maximum Gasteiger partial charge on any atom is 0.358 e. The second-order valence-electron chi connectivity index (χ2n) is 12.3. The predicted octanol–water partition coefficient (Wildman–Crippen LogP) is 1.91. The maximum absolute atomic E-state index is 14.0. The Kier molecular flexibility index (Phi) is 11.8. The van der Waals surface area contributed by atoms with Crippen molar-refractivity contribution >= 4 is 63.7 Å². The highest BCUT2D eigenvalue weighted by Crippen LogP contribution is 2.42. The van der Waals surface area contributed by atoms with Crippen LogP contribution in [0.1, 0.15) is 51.6 Å². The topological polar surface area (TPSA) is 188 Å². The molecule has 0 aromatic carbocycles. The van der Waals surface area contributed by atoms with Gasteiger partial charge in [-0.05, 0) is 42.9 Å². The van der Waals surface area contributed by atoms with Gasteiger partial charge in [-0.2, -0.15) is 0 Å². The first-order chi connectivity index (χ1) is 22.5. The molecule has 2 amide bonds. The van der Waals surface area contributed by atoms with Crippen LogP contribution in [0.5, 0.6) is 0 Å². The number of anilines is 1. The van der Waals surface area contributed by atoms with Crippen LogP contribution in [0.25, 0.3) is 0 Å². The van der Waals surface area contributed by atoms with Crippen LogP contribution in [0.4, 0.5) is 5.13 Å². The number of nitrogens with one attached hydrogen (secondary N) is 1. The number of nitrogen functional groups attached to an aromatic ring is 1. The maximum atomic E-state index is 14.0. The molecule has 3 N–H and O–H groups in total. The van der Waals surface area contributed by atoms with Crippen molar-refractivity contribution in [2.24, 2.45) is 11.8 Å². The number of nitrogens with zero attached hydrogens (tertiary/aromatic N) is 7. The fourth-order valence-electron chi connectivity index (χ4n) is 5.47. The van der Waals surface area contributed by atoms with E-state index in [1.54, 1.807) is 23.9 Å². The van der Waals surface area contributed by atoms with Crippen LogP contribution in [0.3, 0.4) is 0 Å². The Balaban J connectivity index is 1.33. The molecule has 0 bridgehead atoms. The van der Waals surface area contributed by atoms with E-state index >= 15 is 0 Å². The zero-order valence-corrected chi connectivity index (χ0v) is 29.4. The smallest absolute Gasteiger partial charge is 0.358 e. The standard InChI is InChI=1S/C29H41N9O6S3/c1-16(2)27(43-25(41)17-8-6-5-7-9-17)44-26(42)22-18(14-47-29-33-34-35-37(29)11-10-36(3)4)13-45-24-21(23(40)38(22)24)32-20(39)12-19-15-46-28(30)31-19/h15-17,21,24,27H,5-14H2,1-4H3,(H2,30,31)(H,32,39)/t21?,24-,27?/m0/s1. The third kappa shape index (κ3) is 8.63. The molecular weight excluding hydrogens is 667 g/mol. The lowest BCUT2D eigenvalue weighted by molar-refractivity contribution is -0.198. The Morgan fingerprint density at radius 3 is 2.64 bits per heavy atom. The molecule has 15 nitrogen and oxygen atoms in total. The number of tetrazole rings is 1. The predicted molar refractivity (Wildman–Crippen MR) is 177 cm³/mol. The van der Waals surface area contributed by atoms with Gasteiger partial charge in [0, 0.05) is 29.3 Å². The highest BCUT2D eigenvalue weighted by atomic mass is 32.2. The molecule has 18 heteroatoms. The van der Waals surface area contributed by atoms with E-state index in [0.29, 0.717) is 39.6 Å². The Hall–Kier alpha value is -3.22. The molecule has 4 heterocycles. The van der Waals surface area contributed by atoms with Crippen molar-refractivity contribution in [3.8, 4) is 0 Å². The van der Waals surface area contributed by atoms with Gasteiger partial charge in [0.2, 0.25) is 17.4 Å². The molecule has 1 aliphatic carbocycles. The molecule has 1 saturated carbocycles. The molecule has 47 heavy (non-hydrogen) atoms. The fraction of sp³-hybridized carbons (Fsp3) is 0.655. The van der Waals surface area contributed by atoms with Gasteiger partial charge < -0.3 is 25.4 Å². The van der Waals surface area contributed by atoms with Gasteiger partial charge in [0.1, 0.15) is 17.1 Å². The van der Waals surface area contributed by atoms with E-state index in [1.165, 1.54) is 39.8 Å². The molecule has 0 spiro atoms. The molecule has 5 rings (SSSR count). The third-order valence-corrected chi connectivity index (χ3v) is 11.1. The van der Waals surface area contributed by atoms with Crippen molar-refractivity contribution in [2.45, 2.75) is 81.8 Å². The minimum Gasteiger partial charge on any atom is -0.425 e. The molecule has 1 saturated heterocycles. The Bertz CT molecular complexity index is 1490. The number of thiazole rings is 1. The molecule has 2 aromatic rings. The summed E-state index contributed by atoms with van der Waals surface area (Å²) < 4.78 is 13.3. The number of nitrogens with two attached hydrogens (primary N) is 1. The molecule has 2 unspecified atom stereocenters. The molecule has 2 aliphatic heterocycles. The van der Waals surface area contributed by atoms with E-state index in [1.807, 2.05) is 19.0 Å². The quantitative estimate of drug-likeness (QED) is 0.125. The van der Waals surface area contributed by atoms with Gasteiger partial charge >= 0.3 is 11.9 Å². The minimum absolute atomic E-state index is 0.0214. The number of amides is 2. The summed E-state index contributed by atoms with van der Waals surface area (Å²) in [6.45, 7) is 4.92. The number of hydrogen-bond acceptors (Lipinski definition) is 15. The number of likely N-dealkylation sites (N-methyl/N-ethyl adjacent to an activating group) is 1. The number of carbonyl (C=O) groups is 4. The van der Waals surface area contributed by atoms with E-state index in [2.05, 4.69) is 25.8 Å². The molecule has 0 radical (unpaired) electrons. The lowest BCUT2D eigenvalue weighted by atomic mass is 9.89. The van der Waals surface area contributed by atoms with E-state index < -0.39 is 29.6 Å². The summed E-state index contributed by atoms with van der Waals surface area (Å²) in [6, 6.07) is -0.830. The van der Waals surface area contributed by atoms with Crippen molar-refractivity contribution in [2.75, 3.05) is 37.9 Å². The summed E-state index contributed by atoms with van der Waals surface area (Å²) in [6.07, 6.45) is 3.38. The average Bonchev–Trinajstić information content (AvgIpc) is 3.68. The third-order valence-electron chi connectivity index (χ3n) is 8.04. The largest absolute Gasteiger partial charge is 0.425 e. The number of aromatic nitrogens is 5. The second-order valence-corrected chi connectivity index (χ2v) is 15.3. The highest BCUT2D eigenvalue weighted by molar-refractivity contribution is 8.01. The normalized spacial score (nSPS) is 20.6. The van der Waals surface area contributed by atoms with E-state index in [0.717, 1.165) is 38.6 Å². The summed E-state index contributed by atoms with van der Waals surface area (Å²) in [5.41, 5.74) is 6.95. The average molecular weight is 708 g/mol. The summed E-state index contributed by atoms with van der Waals surface area (Å²) >= 11 is 4.03. The van der Waals surface area contributed by atoms with Crippen LogP contribution in [0.15, 0.2) is 21.8 Å². The number of β-lactam (4-membered cyclic amide) rings is 1. The van der Waals surface area contributed by atoms with Gasteiger partial charge in [0.25, 0.3) is 5.91 Å². The van der Waals surface area contributed by atoms with E-state index in [4.69, 9.17) is 15.2 Å². The van der Waals surface area contributed by atoms with Crippen molar-refractivity contribution in [1.82, 2.24) is 40.3 Å². The Labute approximate surface area is 285 Å². The first-order valence-electron chi connectivity index (χ1n) is 15.6. The number of ether oxygens (including phenoxy) is 2. The Morgan fingerprint density at radius 2 is 1.96 bits per heavy atom. The van der Waals surface area contributed by atoms with E-state index in [-0.39, 0.29) is 35.8 Å². The van der Waals surface area contributed by atoms with E-state index in [9.17, 15) is 19.2 Å². The first kappa shape index (κ1) is 35.1. The van der Waals surface area contributed by atoms with Crippen LogP contribution < -0.4 is 11.1 Å². The lowest BCUT2D eigenvalue weighted by Gasteiger charge is -2.49. The van der Waals surface area contributed by atoms with Crippen LogP contribution in [-0.4, -0.2) is 109 Å². The summed E-state index contributed by atoms with van der Waals surface area (Å²) in [7, 11) is 3.92. The molecular formula is C29H41N9O6S3. The van der Waals surface area contributed by atoms with Crippen LogP contribution in [0, 0.1) is 11.8 Å². The number of rotatable bonds is 14. The zero-order valence-electron chi connectivity index (χ0n) is 26.9. The zero-order chi connectivity index (χ0) is 33.7. The molecule has 3 aliphatic rings. The molecule has 256 valence electrons. The lowest BCUT2D eigenvalue weighted by Crippen LogP contribution is -2.70. The SMILES string of the molecule is CC(C)C(OC(=O)C1=C(CSc2nnnn2CCN(C)C)CS[C@H]2C(NC(=O)Cc3csc(N)n3)C(=O)N12)OC(=O)C1CCCCC1. The number of esters is 2. The number of thioether (sulfide) groups is 2. The van der Waals surface area contributed by atoms with Gasteiger partial charge in [-0.15, -0.1) is 28.2 Å². The van der Waals surface area contributed by atoms with Crippen molar-refractivity contribution in [3.05, 3.63) is 22.3 Å². The number of fused-ring (bicyclic) bond motifs is 1. The van der Waals surface area contributed by atoms with Gasteiger partial charge in [-0.1, -0.05) is 44.9 Å². The molecule has 2 fully saturated rings. The fourth-order valence-corrected chi connectivity index (χ4v) is 8.42. The van der Waals surface area contributed by atoms with Crippen molar-refractivity contribution < 1.29 is 28.7 Å². The monoisotopic (exact) mass is 707 g/mol. The van der Waals surface area contributed by atoms with Crippen molar-refractivity contribution in [3.63, 3.8) is 0 Å². The van der Waals surface area contributed by atoms with Crippen LogP contribution in [-0.2, 0) is 41.6 Å². The second kappa shape index (κ2) is 15.8. The molecule has 3 atom stereocenters. The van der Waals surface area contributed by atoms with Gasteiger partial charge in [0.05, 0.1) is 24.6 Å². The van der Waals surface area contributed by atoms with Gasteiger partial charge in [-0.25, -0.2) is 14.5 Å².